The van der Waals surface area contributed by atoms with E-state index in [0.29, 0.717) is 0 Å². The van der Waals surface area contributed by atoms with Crippen LogP contribution in [0, 0.1) is 0 Å². The van der Waals surface area contributed by atoms with Gasteiger partial charge in [0, 0.05) is 14.0 Å². The van der Waals surface area contributed by atoms with Crippen molar-refractivity contribution in [3.63, 3.8) is 0 Å². The van der Waals surface area contributed by atoms with E-state index >= 15 is 0 Å². The summed E-state index contributed by atoms with van der Waals surface area (Å²) < 4.78 is 18.8. The molecule has 7 heteroatoms. The molecule has 0 aliphatic rings. The van der Waals surface area contributed by atoms with Gasteiger partial charge in [0.25, 0.3) is 0 Å². The summed E-state index contributed by atoms with van der Waals surface area (Å²) in [5.41, 5.74) is 0. The van der Waals surface area contributed by atoms with Crippen molar-refractivity contribution in [2.45, 2.75) is 33.0 Å². The second-order valence-corrected chi connectivity index (χ2v) is 2.83. The van der Waals surface area contributed by atoms with Crippen molar-refractivity contribution in [1.29, 1.82) is 0 Å². The van der Waals surface area contributed by atoms with Crippen LogP contribution in [0.4, 0.5) is 0 Å². The molecule has 0 saturated heterocycles. The normalized spacial score (nSPS) is 16.1. The molecule has 94 valence electrons. The van der Waals surface area contributed by atoms with E-state index in [0.717, 1.165) is 14.0 Å². The van der Waals surface area contributed by atoms with Gasteiger partial charge in [0.15, 0.2) is 0 Å². The third-order valence-corrected chi connectivity index (χ3v) is 1.41. The predicted octanol–water partition coefficient (Wildman–Crippen LogP) is -0.232. The molecule has 0 aromatic rings. The van der Waals surface area contributed by atoms with Crippen LogP contribution in [0.5, 0.6) is 0 Å². The Hall–Kier alpha value is -1.18. The maximum atomic E-state index is 11.2. The van der Waals surface area contributed by atoms with Gasteiger partial charge in [-0.1, -0.05) is 0 Å². The molecule has 0 aliphatic carbocycles. The third-order valence-electron chi connectivity index (χ3n) is 1.41. The zero-order valence-electron chi connectivity index (χ0n) is 9.68. The Morgan fingerprint density at radius 2 is 1.94 bits per heavy atom. The summed E-state index contributed by atoms with van der Waals surface area (Å²) in [6.45, 7) is 3.97. The van der Waals surface area contributed by atoms with Crippen LogP contribution in [0.3, 0.4) is 0 Å². The molecule has 1 N–H and O–H groups in total. The summed E-state index contributed by atoms with van der Waals surface area (Å²) in [5, 5.41) is 8.96. The number of carbonyl (C=O) groups is 2. The smallest absolute Gasteiger partial charge is 0.382 e. The molecular weight excluding hydrogens is 220 g/mol. The Kier molecular flexibility index (Phi) is 5.94. The van der Waals surface area contributed by atoms with E-state index in [1.165, 1.54) is 6.92 Å². The number of methoxy groups -OCH3 is 1. The van der Waals surface area contributed by atoms with E-state index in [2.05, 4.69) is 9.47 Å². The topological polar surface area (TPSA) is 91.3 Å². The lowest BCUT2D eigenvalue weighted by atomic mass is 10.4. The molecule has 0 aliphatic heterocycles. The van der Waals surface area contributed by atoms with Crippen molar-refractivity contribution < 1.29 is 33.6 Å². The standard InChI is InChI=1S/C9H16O7/c1-5-14-9(13-4,15-7(3)11)16-8(12)6(2)10/h6,10H,5H2,1-4H3. The summed E-state index contributed by atoms with van der Waals surface area (Å²) in [7, 11) is 1.13. The molecule has 0 rings (SSSR count). The van der Waals surface area contributed by atoms with Gasteiger partial charge in [-0.15, -0.1) is 0 Å². The van der Waals surface area contributed by atoms with Crippen LogP contribution in [0.2, 0.25) is 0 Å². The Balaban J connectivity index is 4.74. The van der Waals surface area contributed by atoms with E-state index in [1.807, 2.05) is 0 Å². The average Bonchev–Trinajstić information content (AvgIpc) is 2.16. The molecule has 0 bridgehead atoms. The van der Waals surface area contributed by atoms with Crippen LogP contribution in [0.1, 0.15) is 20.8 Å². The van der Waals surface area contributed by atoms with Crippen molar-refractivity contribution in [2.24, 2.45) is 0 Å². The molecule has 2 atom stereocenters. The zero-order chi connectivity index (χ0) is 12.8. The highest BCUT2D eigenvalue weighted by atomic mass is 17.0. The van der Waals surface area contributed by atoms with Gasteiger partial charge in [-0.05, 0) is 13.8 Å². The monoisotopic (exact) mass is 236 g/mol. The second kappa shape index (κ2) is 6.41. The molecule has 0 aromatic heterocycles. The molecule has 0 amide bonds. The van der Waals surface area contributed by atoms with Gasteiger partial charge in [0.05, 0.1) is 6.61 Å². The number of esters is 2. The van der Waals surface area contributed by atoms with E-state index in [-0.39, 0.29) is 6.61 Å². The minimum absolute atomic E-state index is 0.0776. The number of aliphatic hydroxyl groups excluding tert-OH is 1. The zero-order valence-corrected chi connectivity index (χ0v) is 9.68. The first-order valence-electron chi connectivity index (χ1n) is 4.66. The maximum Gasteiger partial charge on any atom is 0.514 e. The van der Waals surface area contributed by atoms with E-state index in [1.54, 1.807) is 6.92 Å². The van der Waals surface area contributed by atoms with Crippen LogP contribution in [0.25, 0.3) is 0 Å². The van der Waals surface area contributed by atoms with Crippen molar-refractivity contribution in [3.05, 3.63) is 0 Å². The highest BCUT2D eigenvalue weighted by Crippen LogP contribution is 2.17. The number of carbonyl (C=O) groups excluding carboxylic acids is 2. The highest BCUT2D eigenvalue weighted by molar-refractivity contribution is 5.74. The fourth-order valence-corrected chi connectivity index (χ4v) is 0.783. The SMILES string of the molecule is CCOC(OC)(OC(C)=O)OC(=O)C(C)O. The number of rotatable bonds is 6. The largest absolute Gasteiger partial charge is 0.514 e. The van der Waals surface area contributed by atoms with Gasteiger partial charge in [0.2, 0.25) is 0 Å². The van der Waals surface area contributed by atoms with Crippen molar-refractivity contribution >= 4 is 11.9 Å². The summed E-state index contributed by atoms with van der Waals surface area (Å²) in [6, 6.07) is 0. The van der Waals surface area contributed by atoms with Gasteiger partial charge in [-0.25, -0.2) is 4.79 Å². The highest BCUT2D eigenvalue weighted by Gasteiger charge is 2.41. The predicted molar refractivity (Wildman–Crippen MR) is 50.9 cm³/mol. The van der Waals surface area contributed by atoms with Gasteiger partial charge >= 0.3 is 18.1 Å². The summed E-state index contributed by atoms with van der Waals surface area (Å²) >= 11 is 0. The molecule has 0 heterocycles. The fourth-order valence-electron chi connectivity index (χ4n) is 0.783. The third kappa shape index (κ3) is 4.56. The lowest BCUT2D eigenvalue weighted by Gasteiger charge is -2.28. The van der Waals surface area contributed by atoms with Crippen LogP contribution in [0.15, 0.2) is 0 Å². The molecule has 7 nitrogen and oxygen atoms in total. The first kappa shape index (κ1) is 14.8. The Bertz CT molecular complexity index is 250. The fraction of sp³-hybridized carbons (Fsp3) is 0.778. The second-order valence-electron chi connectivity index (χ2n) is 2.83. The molecule has 0 spiro atoms. The lowest BCUT2D eigenvalue weighted by molar-refractivity contribution is -0.458. The van der Waals surface area contributed by atoms with Crippen molar-refractivity contribution in [1.82, 2.24) is 0 Å². The lowest BCUT2D eigenvalue weighted by Crippen LogP contribution is -2.46. The molecule has 16 heavy (non-hydrogen) atoms. The Labute approximate surface area is 93.2 Å². The molecule has 0 fully saturated rings. The minimum atomic E-state index is -2.24. The summed E-state index contributed by atoms with van der Waals surface area (Å²) in [4.78, 5) is 22.0. The molecule has 0 aromatic carbocycles. The first-order chi connectivity index (χ1) is 7.37. The van der Waals surface area contributed by atoms with Gasteiger partial charge in [0.1, 0.15) is 6.10 Å². The van der Waals surface area contributed by atoms with Crippen molar-refractivity contribution in [2.75, 3.05) is 13.7 Å². The van der Waals surface area contributed by atoms with E-state index in [4.69, 9.17) is 14.6 Å². The van der Waals surface area contributed by atoms with Crippen molar-refractivity contribution in [3.8, 4) is 0 Å². The minimum Gasteiger partial charge on any atom is -0.382 e. The number of hydrogen-bond donors (Lipinski definition) is 1. The maximum absolute atomic E-state index is 11.2. The summed E-state index contributed by atoms with van der Waals surface area (Å²) in [5.74, 6) is -1.79. The van der Waals surface area contributed by atoms with Crippen LogP contribution < -0.4 is 0 Å². The number of ether oxygens (including phenoxy) is 4. The quantitative estimate of drug-likeness (QED) is 0.503. The van der Waals surface area contributed by atoms with Gasteiger partial charge in [-0.2, -0.15) is 0 Å². The molecule has 2 unspecified atom stereocenters. The van der Waals surface area contributed by atoms with Crippen LogP contribution >= 0.6 is 0 Å². The Morgan fingerprint density at radius 3 is 2.25 bits per heavy atom. The molecule has 0 saturated carbocycles. The van der Waals surface area contributed by atoms with E-state index in [9.17, 15) is 9.59 Å². The first-order valence-corrected chi connectivity index (χ1v) is 4.66. The average molecular weight is 236 g/mol. The Morgan fingerprint density at radius 1 is 1.38 bits per heavy atom. The molecular formula is C9H16O7. The number of hydrogen-bond acceptors (Lipinski definition) is 7. The molecule has 0 radical (unpaired) electrons. The number of aliphatic hydroxyl groups is 1. The van der Waals surface area contributed by atoms with Gasteiger partial charge in [-0.3, -0.25) is 14.3 Å². The van der Waals surface area contributed by atoms with Crippen LogP contribution in [-0.2, 0) is 28.5 Å². The van der Waals surface area contributed by atoms with Crippen LogP contribution in [-0.4, -0.2) is 43.0 Å². The van der Waals surface area contributed by atoms with E-state index < -0.39 is 24.2 Å². The van der Waals surface area contributed by atoms with Gasteiger partial charge < -0.3 is 14.6 Å². The summed E-state index contributed by atoms with van der Waals surface area (Å²) in [6.07, 6.45) is -3.63.